The van der Waals surface area contributed by atoms with Gasteiger partial charge in [0.2, 0.25) is 0 Å². The molecule has 3 nitrogen and oxygen atoms in total. The Balaban J connectivity index is 2.17. The lowest BCUT2D eigenvalue weighted by Gasteiger charge is -2.49. The number of hydrogen-bond donors (Lipinski definition) is 0. The van der Waals surface area contributed by atoms with Gasteiger partial charge in [0, 0.05) is 11.3 Å². The van der Waals surface area contributed by atoms with Gasteiger partial charge in [-0.2, -0.15) is 8.42 Å². The highest BCUT2D eigenvalue weighted by Gasteiger charge is 2.74. The second-order valence-electron chi connectivity index (χ2n) is 7.15. The molecule has 18 heavy (non-hydrogen) atoms. The third-order valence-electron chi connectivity index (χ3n) is 6.20. The fourth-order valence-corrected chi connectivity index (χ4v) is 7.94. The van der Waals surface area contributed by atoms with E-state index in [9.17, 15) is 8.42 Å². The van der Waals surface area contributed by atoms with Gasteiger partial charge in [-0.05, 0) is 30.1 Å². The molecule has 104 valence electrons. The van der Waals surface area contributed by atoms with Gasteiger partial charge in [0.15, 0.2) is 0 Å². The Morgan fingerprint density at radius 2 is 1.72 bits per heavy atom. The van der Waals surface area contributed by atoms with E-state index in [0.717, 1.165) is 6.42 Å². The first-order valence-corrected chi connectivity index (χ1v) is 8.63. The second-order valence-corrected chi connectivity index (χ2v) is 8.87. The summed E-state index contributed by atoms with van der Waals surface area (Å²) in [5.41, 5.74) is 0.0458. The molecule has 3 fully saturated rings. The largest absolute Gasteiger partial charge is 0.271 e. The average Bonchev–Trinajstić information content (AvgIpc) is 2.75. The predicted molar refractivity (Wildman–Crippen MR) is 70.5 cm³/mol. The van der Waals surface area contributed by atoms with E-state index in [-0.39, 0.29) is 28.6 Å². The molecule has 0 N–H and O–H groups in total. The zero-order chi connectivity index (χ0) is 13.5. The third kappa shape index (κ3) is 1.17. The average molecular weight is 272 g/mol. The summed E-state index contributed by atoms with van der Waals surface area (Å²) in [6.45, 7) is 11.1. The fraction of sp³-hybridized carbons (Fsp3) is 1.00. The van der Waals surface area contributed by atoms with Gasteiger partial charge >= 0.3 is 0 Å². The van der Waals surface area contributed by atoms with E-state index in [1.807, 2.05) is 0 Å². The van der Waals surface area contributed by atoms with Crippen LogP contribution in [0.2, 0.25) is 0 Å². The second kappa shape index (κ2) is 3.51. The molecule has 1 saturated heterocycles. The first kappa shape index (κ1) is 12.9. The summed E-state index contributed by atoms with van der Waals surface area (Å²) in [5, 5.41) is -0.224. The highest BCUT2D eigenvalue weighted by atomic mass is 32.2. The van der Waals surface area contributed by atoms with Crippen LogP contribution in [0.25, 0.3) is 0 Å². The van der Waals surface area contributed by atoms with Gasteiger partial charge in [-0.1, -0.05) is 34.6 Å². The maximum absolute atomic E-state index is 12.2. The molecule has 5 atom stereocenters. The molecule has 0 aromatic carbocycles. The first-order valence-electron chi connectivity index (χ1n) is 7.16. The molecule has 1 heterocycles. The molecule has 2 aliphatic carbocycles. The molecular weight excluding hydrogens is 248 g/mol. The van der Waals surface area contributed by atoms with Crippen molar-refractivity contribution < 1.29 is 12.6 Å². The third-order valence-corrected chi connectivity index (χ3v) is 8.12. The van der Waals surface area contributed by atoms with Crippen molar-refractivity contribution in [2.45, 2.75) is 52.4 Å². The van der Waals surface area contributed by atoms with Gasteiger partial charge in [-0.3, -0.25) is 4.18 Å². The molecule has 0 aromatic rings. The van der Waals surface area contributed by atoms with Crippen molar-refractivity contribution in [2.24, 2.45) is 35.0 Å². The molecule has 2 bridgehead atoms. The van der Waals surface area contributed by atoms with Crippen LogP contribution in [-0.2, 0) is 14.3 Å². The van der Waals surface area contributed by atoms with Gasteiger partial charge in [0.1, 0.15) is 0 Å². The highest BCUT2D eigenvalue weighted by Crippen LogP contribution is 2.69. The fourth-order valence-electron chi connectivity index (χ4n) is 5.82. The Bertz CT molecular complexity index is 457. The van der Waals surface area contributed by atoms with Crippen LogP contribution in [0.1, 0.15) is 41.0 Å². The minimum absolute atomic E-state index is 0.0458. The molecule has 0 spiro atoms. The van der Waals surface area contributed by atoms with Gasteiger partial charge in [-0.25, -0.2) is 0 Å². The first-order chi connectivity index (χ1) is 8.24. The van der Waals surface area contributed by atoms with Crippen LogP contribution >= 0.6 is 0 Å². The maximum atomic E-state index is 12.2. The quantitative estimate of drug-likeness (QED) is 0.726. The van der Waals surface area contributed by atoms with Crippen molar-refractivity contribution in [2.75, 3.05) is 0 Å². The number of hydrogen-bond acceptors (Lipinski definition) is 3. The van der Waals surface area contributed by atoms with Gasteiger partial charge in [0.05, 0.1) is 11.4 Å². The Labute approximate surface area is 110 Å². The summed E-state index contributed by atoms with van der Waals surface area (Å²) in [4.78, 5) is 0. The van der Waals surface area contributed by atoms with E-state index in [0.29, 0.717) is 17.8 Å². The van der Waals surface area contributed by atoms with E-state index in [1.54, 1.807) is 0 Å². The minimum atomic E-state index is -3.32. The van der Waals surface area contributed by atoms with Crippen molar-refractivity contribution >= 4 is 10.1 Å². The molecule has 5 unspecified atom stereocenters. The van der Waals surface area contributed by atoms with Crippen LogP contribution in [0.5, 0.6) is 0 Å². The van der Waals surface area contributed by atoms with Crippen LogP contribution in [0, 0.1) is 35.0 Å². The van der Waals surface area contributed by atoms with Gasteiger partial charge < -0.3 is 0 Å². The molecule has 3 aliphatic rings. The summed E-state index contributed by atoms with van der Waals surface area (Å²) < 4.78 is 30.0. The maximum Gasteiger partial charge on any atom is 0.271 e. The van der Waals surface area contributed by atoms with Crippen LogP contribution in [-0.4, -0.2) is 19.8 Å². The Morgan fingerprint density at radius 3 is 2.22 bits per heavy atom. The van der Waals surface area contributed by atoms with E-state index in [4.69, 9.17) is 4.18 Å². The van der Waals surface area contributed by atoms with Crippen molar-refractivity contribution in [3.8, 4) is 0 Å². The molecule has 2 saturated carbocycles. The topological polar surface area (TPSA) is 43.4 Å². The van der Waals surface area contributed by atoms with Gasteiger partial charge in [-0.15, -0.1) is 0 Å². The van der Waals surface area contributed by atoms with Gasteiger partial charge in [0.25, 0.3) is 10.1 Å². The van der Waals surface area contributed by atoms with Crippen molar-refractivity contribution in [3.05, 3.63) is 0 Å². The molecule has 0 radical (unpaired) electrons. The lowest BCUT2D eigenvalue weighted by molar-refractivity contribution is -0.0634. The molecular formula is C14H24O3S. The number of fused-ring (bicyclic) bond motifs is 1. The van der Waals surface area contributed by atoms with Crippen LogP contribution in [0.15, 0.2) is 0 Å². The monoisotopic (exact) mass is 272 g/mol. The molecule has 1 aliphatic heterocycles. The summed E-state index contributed by atoms with van der Waals surface area (Å²) in [7, 11) is -3.32. The highest BCUT2D eigenvalue weighted by molar-refractivity contribution is 7.87. The predicted octanol–water partition coefficient (Wildman–Crippen LogP) is 2.67. The summed E-state index contributed by atoms with van der Waals surface area (Å²) in [6.07, 6.45) is 0.986. The Morgan fingerprint density at radius 1 is 1.17 bits per heavy atom. The zero-order valence-corrected chi connectivity index (χ0v) is 12.7. The van der Waals surface area contributed by atoms with E-state index in [2.05, 4.69) is 34.6 Å². The zero-order valence-electron chi connectivity index (χ0n) is 11.9. The van der Waals surface area contributed by atoms with Crippen LogP contribution in [0.4, 0.5) is 0 Å². The lowest BCUT2D eigenvalue weighted by Crippen LogP contribution is -2.51. The lowest BCUT2D eigenvalue weighted by atomic mass is 9.56. The molecule has 0 aromatic heterocycles. The van der Waals surface area contributed by atoms with Crippen LogP contribution < -0.4 is 0 Å². The van der Waals surface area contributed by atoms with E-state index < -0.39 is 10.1 Å². The molecule has 4 heteroatoms. The summed E-state index contributed by atoms with van der Waals surface area (Å²) in [6, 6.07) is 0. The minimum Gasteiger partial charge on any atom is -0.266 e. The van der Waals surface area contributed by atoms with Crippen molar-refractivity contribution in [1.29, 1.82) is 0 Å². The molecule has 3 rings (SSSR count). The Hall–Kier alpha value is -0.0900. The van der Waals surface area contributed by atoms with E-state index in [1.165, 1.54) is 0 Å². The number of rotatable bonds is 2. The normalized spacial score (nSPS) is 47.4. The van der Waals surface area contributed by atoms with Crippen LogP contribution in [0.3, 0.4) is 0 Å². The SMILES string of the molecule is CC1C2CC3C(OS(=O)(=O)C13)C2(C(C)C)C(C)C. The summed E-state index contributed by atoms with van der Waals surface area (Å²) in [5.74, 6) is 1.95. The van der Waals surface area contributed by atoms with Crippen molar-refractivity contribution in [3.63, 3.8) is 0 Å². The summed E-state index contributed by atoms with van der Waals surface area (Å²) >= 11 is 0. The Kier molecular flexibility index (Phi) is 2.52. The van der Waals surface area contributed by atoms with Crippen molar-refractivity contribution in [1.82, 2.24) is 0 Å². The van der Waals surface area contributed by atoms with E-state index >= 15 is 0 Å². The standard InChI is InChI=1S/C14H24O3S/c1-7(2)14(8(3)4)11-6-10-12(9(11)5)18(15,16)17-13(10)14/h7-13H,6H2,1-5H3. The smallest absolute Gasteiger partial charge is 0.266 e. The molecule has 0 amide bonds.